The van der Waals surface area contributed by atoms with Gasteiger partial charge in [-0.15, -0.1) is 10.2 Å². The molecule has 30 heavy (non-hydrogen) atoms. The van der Waals surface area contributed by atoms with E-state index < -0.39 is 17.8 Å². The number of halogens is 3. The van der Waals surface area contributed by atoms with Crippen molar-refractivity contribution in [2.24, 2.45) is 7.05 Å². The number of hydrogen-bond acceptors (Lipinski definition) is 5. The minimum Gasteiger partial charge on any atom is -0.324 e. The molecule has 0 spiro atoms. The summed E-state index contributed by atoms with van der Waals surface area (Å²) in [6.45, 7) is 0.815. The molecule has 158 valence electrons. The first-order valence-corrected chi connectivity index (χ1v) is 9.29. The molecule has 1 atom stereocenters. The second kappa shape index (κ2) is 7.76. The Labute approximate surface area is 169 Å². The van der Waals surface area contributed by atoms with Gasteiger partial charge in [0.15, 0.2) is 0 Å². The van der Waals surface area contributed by atoms with Gasteiger partial charge in [-0.3, -0.25) is 0 Å². The average Bonchev–Trinajstić information content (AvgIpc) is 3.39. The lowest BCUT2D eigenvalue weighted by Gasteiger charge is -2.32. The second-order valence-corrected chi connectivity index (χ2v) is 7.08. The number of anilines is 1. The van der Waals surface area contributed by atoms with Gasteiger partial charge in [-0.1, -0.05) is 0 Å². The molecule has 0 radical (unpaired) electrons. The molecule has 1 fully saturated rings. The molecule has 3 heterocycles. The molecular formula is C18H19F3N8O. The number of rotatable bonds is 3. The smallest absolute Gasteiger partial charge is 0.324 e. The summed E-state index contributed by atoms with van der Waals surface area (Å²) in [5.74, 6) is 0.731. The van der Waals surface area contributed by atoms with Crippen LogP contribution < -0.4 is 5.32 Å². The van der Waals surface area contributed by atoms with Crippen molar-refractivity contribution in [2.45, 2.75) is 24.9 Å². The largest absolute Gasteiger partial charge is 0.418 e. The quantitative estimate of drug-likeness (QED) is 0.703. The van der Waals surface area contributed by atoms with Gasteiger partial charge in [-0.2, -0.15) is 18.3 Å². The average molecular weight is 420 g/mol. The zero-order valence-corrected chi connectivity index (χ0v) is 16.0. The number of aryl methyl sites for hydroxylation is 1. The number of carbonyl (C=O) groups excluding carboxylic acids is 1. The zero-order valence-electron chi connectivity index (χ0n) is 16.0. The number of amides is 2. The third kappa shape index (κ3) is 3.98. The molecule has 4 rings (SSSR count). The lowest BCUT2D eigenvalue weighted by Crippen LogP contribution is -2.42. The summed E-state index contributed by atoms with van der Waals surface area (Å²) < 4.78 is 43.9. The molecule has 0 bridgehead atoms. The topological polar surface area (TPSA) is 93.8 Å². The van der Waals surface area contributed by atoms with Crippen LogP contribution in [-0.2, 0) is 13.2 Å². The Hall–Kier alpha value is -3.44. The monoisotopic (exact) mass is 420 g/mol. The number of urea groups is 1. The molecule has 9 nitrogen and oxygen atoms in total. The highest BCUT2D eigenvalue weighted by atomic mass is 19.4. The van der Waals surface area contributed by atoms with Gasteiger partial charge in [0, 0.05) is 26.1 Å². The number of benzene rings is 1. The van der Waals surface area contributed by atoms with Gasteiger partial charge in [0.05, 0.1) is 16.9 Å². The van der Waals surface area contributed by atoms with Crippen LogP contribution >= 0.6 is 0 Å². The lowest BCUT2D eigenvalue weighted by atomic mass is 9.97. The van der Waals surface area contributed by atoms with E-state index in [4.69, 9.17) is 0 Å². The Morgan fingerprint density at radius 3 is 2.77 bits per heavy atom. The third-order valence-electron chi connectivity index (χ3n) is 5.05. The molecule has 0 saturated carbocycles. The van der Waals surface area contributed by atoms with E-state index in [-0.39, 0.29) is 17.3 Å². The van der Waals surface area contributed by atoms with Crippen molar-refractivity contribution in [1.29, 1.82) is 0 Å². The van der Waals surface area contributed by atoms with Crippen molar-refractivity contribution in [3.63, 3.8) is 0 Å². The van der Waals surface area contributed by atoms with Gasteiger partial charge in [0.1, 0.15) is 24.8 Å². The van der Waals surface area contributed by atoms with E-state index in [0.29, 0.717) is 13.1 Å². The summed E-state index contributed by atoms with van der Waals surface area (Å²) in [5.41, 5.74) is -1.07. The molecule has 0 unspecified atom stereocenters. The number of alkyl halides is 3. The number of hydrogen-bond donors (Lipinski definition) is 1. The number of likely N-dealkylation sites (tertiary alicyclic amines) is 1. The lowest BCUT2D eigenvalue weighted by molar-refractivity contribution is -0.136. The molecule has 1 aliphatic rings. The molecule has 0 aliphatic carbocycles. The Morgan fingerprint density at radius 2 is 2.10 bits per heavy atom. The van der Waals surface area contributed by atoms with E-state index in [1.54, 1.807) is 10.9 Å². The standard InChI is InChI=1S/C18H19F3N8O/c1-27-11-23-26-16(27)12-3-2-6-28(8-12)17(30)25-15-5-4-13(29-10-22-9-24-29)7-14(15)18(19,20)21/h4-5,7,9-12H,2-3,6,8H2,1H3,(H,25,30)/t12-/m1/s1. The Morgan fingerprint density at radius 1 is 1.27 bits per heavy atom. The van der Waals surface area contributed by atoms with Crippen LogP contribution in [0.25, 0.3) is 5.69 Å². The first kappa shape index (κ1) is 19.9. The maximum atomic E-state index is 13.6. The summed E-state index contributed by atoms with van der Waals surface area (Å²) in [7, 11) is 1.82. The van der Waals surface area contributed by atoms with Crippen LogP contribution in [0.1, 0.15) is 30.1 Å². The second-order valence-electron chi connectivity index (χ2n) is 7.08. The van der Waals surface area contributed by atoms with E-state index in [1.165, 1.54) is 34.4 Å². The van der Waals surface area contributed by atoms with Crippen LogP contribution in [0.3, 0.4) is 0 Å². The Kier molecular flexibility index (Phi) is 5.14. The molecule has 12 heteroatoms. The van der Waals surface area contributed by atoms with E-state index in [1.807, 2.05) is 7.05 Å². The van der Waals surface area contributed by atoms with Crippen LogP contribution in [0.2, 0.25) is 0 Å². The van der Waals surface area contributed by atoms with Gasteiger partial charge in [-0.25, -0.2) is 14.5 Å². The fourth-order valence-electron chi connectivity index (χ4n) is 3.59. The van der Waals surface area contributed by atoms with Crippen molar-refractivity contribution >= 4 is 11.7 Å². The number of nitrogens with zero attached hydrogens (tertiary/aromatic N) is 7. The fraction of sp³-hybridized carbons (Fsp3) is 0.389. The van der Waals surface area contributed by atoms with Crippen molar-refractivity contribution in [3.8, 4) is 5.69 Å². The first-order chi connectivity index (χ1) is 14.3. The molecule has 1 saturated heterocycles. The highest BCUT2D eigenvalue weighted by Crippen LogP contribution is 2.36. The molecule has 2 aromatic heterocycles. The zero-order chi connectivity index (χ0) is 21.3. The number of carbonyl (C=O) groups is 1. The minimum atomic E-state index is -4.65. The van der Waals surface area contributed by atoms with Crippen LogP contribution in [-0.4, -0.2) is 53.5 Å². The van der Waals surface area contributed by atoms with Crippen LogP contribution in [0.4, 0.5) is 23.7 Å². The van der Waals surface area contributed by atoms with Crippen LogP contribution in [0.5, 0.6) is 0 Å². The molecule has 1 aliphatic heterocycles. The Balaban J connectivity index is 1.54. The van der Waals surface area contributed by atoms with Gasteiger partial charge in [0.2, 0.25) is 0 Å². The maximum Gasteiger partial charge on any atom is 0.418 e. The predicted octanol–water partition coefficient (Wildman–Crippen LogP) is 2.83. The molecular weight excluding hydrogens is 401 g/mol. The normalized spacial score (nSPS) is 17.2. The van der Waals surface area contributed by atoms with Gasteiger partial charge < -0.3 is 14.8 Å². The Bertz CT molecular complexity index is 1030. The third-order valence-corrected chi connectivity index (χ3v) is 5.05. The summed E-state index contributed by atoms with van der Waals surface area (Å²) in [6.07, 6.45) is 1.02. The number of piperidine rings is 1. The number of aromatic nitrogens is 6. The van der Waals surface area contributed by atoms with Crippen molar-refractivity contribution in [1.82, 2.24) is 34.4 Å². The summed E-state index contributed by atoms with van der Waals surface area (Å²) >= 11 is 0. The highest BCUT2D eigenvalue weighted by Gasteiger charge is 2.35. The first-order valence-electron chi connectivity index (χ1n) is 9.29. The fourth-order valence-corrected chi connectivity index (χ4v) is 3.59. The van der Waals surface area contributed by atoms with E-state index in [9.17, 15) is 18.0 Å². The van der Waals surface area contributed by atoms with Crippen molar-refractivity contribution in [2.75, 3.05) is 18.4 Å². The van der Waals surface area contributed by atoms with E-state index in [2.05, 4.69) is 25.6 Å². The van der Waals surface area contributed by atoms with E-state index in [0.717, 1.165) is 24.7 Å². The predicted molar refractivity (Wildman–Crippen MR) is 99.9 cm³/mol. The van der Waals surface area contributed by atoms with Crippen LogP contribution in [0.15, 0.2) is 37.2 Å². The van der Waals surface area contributed by atoms with Gasteiger partial charge in [0.25, 0.3) is 0 Å². The molecule has 2 amide bonds. The summed E-state index contributed by atoms with van der Waals surface area (Å²) in [5, 5.41) is 14.2. The number of nitrogens with one attached hydrogen (secondary N) is 1. The highest BCUT2D eigenvalue weighted by molar-refractivity contribution is 5.90. The van der Waals surface area contributed by atoms with Crippen LogP contribution in [0, 0.1) is 0 Å². The van der Waals surface area contributed by atoms with E-state index >= 15 is 0 Å². The SMILES string of the molecule is Cn1cnnc1[C@@H]1CCCN(C(=O)Nc2ccc(-n3cncn3)cc2C(F)(F)F)C1. The van der Waals surface area contributed by atoms with Crippen molar-refractivity contribution in [3.05, 3.63) is 48.6 Å². The summed E-state index contributed by atoms with van der Waals surface area (Å²) in [4.78, 5) is 18.0. The van der Waals surface area contributed by atoms with Crippen molar-refractivity contribution < 1.29 is 18.0 Å². The summed E-state index contributed by atoms with van der Waals surface area (Å²) in [6, 6.07) is 3.02. The molecule has 3 aromatic rings. The van der Waals surface area contributed by atoms with Gasteiger partial charge >= 0.3 is 12.2 Å². The van der Waals surface area contributed by atoms with Gasteiger partial charge in [-0.05, 0) is 31.0 Å². The maximum absolute atomic E-state index is 13.6. The molecule has 1 aromatic carbocycles. The minimum absolute atomic E-state index is 0.0197. The molecule has 1 N–H and O–H groups in total.